The van der Waals surface area contributed by atoms with Crippen LogP contribution in [0.3, 0.4) is 0 Å². The number of rotatable bonds is 3. The van der Waals surface area contributed by atoms with Crippen LogP contribution in [0.2, 0.25) is 0 Å². The molecule has 0 aliphatic rings. The van der Waals surface area contributed by atoms with Gasteiger partial charge in [-0.2, -0.15) is 0 Å². The highest BCUT2D eigenvalue weighted by atomic mass is 19.1. The van der Waals surface area contributed by atoms with Crippen molar-refractivity contribution in [2.24, 2.45) is 0 Å². The molecule has 0 atom stereocenters. The maximum atomic E-state index is 13.6. The average molecular weight is 323 g/mol. The zero-order valence-corrected chi connectivity index (χ0v) is 13.9. The van der Waals surface area contributed by atoms with Crippen LogP contribution in [-0.4, -0.2) is 16.1 Å². The molecule has 2 aromatic carbocycles. The number of halogens is 1. The molecule has 1 N–H and O–H groups in total. The second-order valence-electron chi connectivity index (χ2n) is 5.92. The topological polar surface area (TPSA) is 50.2 Å². The molecule has 0 spiro atoms. The standard InChI is InChI=1S/C20H18FNO2/c1-4-13-9-14(6-5-11(13)2)19-12(3)18(20(23)24)16-10-15(21)7-8-17(16)22-19/h5-10H,4H2,1-3H3,(H,23,24). The molecule has 0 saturated carbocycles. The van der Waals surface area contributed by atoms with Crippen LogP contribution in [0.4, 0.5) is 4.39 Å². The largest absolute Gasteiger partial charge is 0.478 e. The van der Waals surface area contributed by atoms with Gasteiger partial charge in [0.2, 0.25) is 0 Å². The fourth-order valence-corrected chi connectivity index (χ4v) is 3.09. The Bertz CT molecular complexity index is 964. The zero-order chi connectivity index (χ0) is 17.4. The van der Waals surface area contributed by atoms with Gasteiger partial charge in [-0.15, -0.1) is 0 Å². The lowest BCUT2D eigenvalue weighted by atomic mass is 9.95. The summed E-state index contributed by atoms with van der Waals surface area (Å²) in [6, 6.07) is 10.1. The molecular weight excluding hydrogens is 305 g/mol. The molecule has 1 aromatic heterocycles. The Morgan fingerprint density at radius 3 is 2.58 bits per heavy atom. The van der Waals surface area contributed by atoms with Gasteiger partial charge in [-0.05, 0) is 61.2 Å². The minimum absolute atomic E-state index is 0.105. The second kappa shape index (κ2) is 6.04. The predicted molar refractivity (Wildman–Crippen MR) is 92.9 cm³/mol. The molecule has 3 nitrogen and oxygen atoms in total. The fraction of sp³-hybridized carbons (Fsp3) is 0.200. The Labute approximate surface area is 139 Å². The van der Waals surface area contributed by atoms with Crippen molar-refractivity contribution in [2.45, 2.75) is 27.2 Å². The predicted octanol–water partition coefficient (Wildman–Crippen LogP) is 4.92. The zero-order valence-electron chi connectivity index (χ0n) is 13.9. The Morgan fingerprint density at radius 1 is 1.17 bits per heavy atom. The average Bonchev–Trinajstić information content (AvgIpc) is 2.54. The van der Waals surface area contributed by atoms with Gasteiger partial charge in [-0.3, -0.25) is 0 Å². The van der Waals surface area contributed by atoms with E-state index in [1.807, 2.05) is 18.2 Å². The van der Waals surface area contributed by atoms with E-state index in [1.165, 1.54) is 29.3 Å². The molecule has 0 aliphatic heterocycles. The van der Waals surface area contributed by atoms with Gasteiger partial charge in [0.1, 0.15) is 5.82 Å². The van der Waals surface area contributed by atoms with Gasteiger partial charge in [0.05, 0.1) is 16.8 Å². The molecule has 24 heavy (non-hydrogen) atoms. The van der Waals surface area contributed by atoms with Crippen molar-refractivity contribution in [3.63, 3.8) is 0 Å². The summed E-state index contributed by atoms with van der Waals surface area (Å²) in [5, 5.41) is 9.95. The number of aryl methyl sites for hydroxylation is 2. The number of nitrogens with zero attached hydrogens (tertiary/aromatic N) is 1. The molecular formula is C20H18FNO2. The third-order valence-corrected chi connectivity index (χ3v) is 4.41. The first-order valence-electron chi connectivity index (χ1n) is 7.85. The molecule has 0 amide bonds. The van der Waals surface area contributed by atoms with Crippen molar-refractivity contribution in [3.8, 4) is 11.3 Å². The molecule has 3 rings (SSSR count). The number of hydrogen-bond donors (Lipinski definition) is 1. The normalized spacial score (nSPS) is 11.0. The number of hydrogen-bond acceptors (Lipinski definition) is 2. The minimum Gasteiger partial charge on any atom is -0.478 e. The Morgan fingerprint density at radius 2 is 1.92 bits per heavy atom. The molecule has 4 heteroatoms. The van der Waals surface area contributed by atoms with E-state index in [9.17, 15) is 14.3 Å². The van der Waals surface area contributed by atoms with Crippen LogP contribution < -0.4 is 0 Å². The highest BCUT2D eigenvalue weighted by Crippen LogP contribution is 2.31. The molecule has 122 valence electrons. The van der Waals surface area contributed by atoms with E-state index in [0.717, 1.165) is 12.0 Å². The van der Waals surface area contributed by atoms with E-state index in [0.29, 0.717) is 22.2 Å². The maximum absolute atomic E-state index is 13.6. The first-order chi connectivity index (χ1) is 11.4. The lowest BCUT2D eigenvalue weighted by Crippen LogP contribution is -2.05. The van der Waals surface area contributed by atoms with Gasteiger partial charge in [-0.25, -0.2) is 14.2 Å². The number of pyridine rings is 1. The summed E-state index contributed by atoms with van der Waals surface area (Å²) in [6.07, 6.45) is 0.892. The van der Waals surface area contributed by atoms with Crippen molar-refractivity contribution < 1.29 is 14.3 Å². The summed E-state index contributed by atoms with van der Waals surface area (Å²) in [6.45, 7) is 5.86. The molecule has 1 heterocycles. The quantitative estimate of drug-likeness (QED) is 0.744. The van der Waals surface area contributed by atoms with E-state index in [2.05, 4.69) is 18.8 Å². The summed E-state index contributed by atoms with van der Waals surface area (Å²) >= 11 is 0. The second-order valence-corrected chi connectivity index (χ2v) is 5.92. The number of fused-ring (bicyclic) bond motifs is 1. The van der Waals surface area contributed by atoms with Gasteiger partial charge < -0.3 is 5.11 Å². The first-order valence-corrected chi connectivity index (χ1v) is 7.85. The Kier molecular flexibility index (Phi) is 4.06. The van der Waals surface area contributed by atoms with Crippen LogP contribution >= 0.6 is 0 Å². The lowest BCUT2D eigenvalue weighted by molar-refractivity contribution is 0.0698. The Hall–Kier alpha value is -2.75. The number of benzene rings is 2. The highest BCUT2D eigenvalue weighted by Gasteiger charge is 2.19. The van der Waals surface area contributed by atoms with Crippen molar-refractivity contribution in [3.05, 3.63) is 64.5 Å². The van der Waals surface area contributed by atoms with Crippen LogP contribution in [0, 0.1) is 19.7 Å². The smallest absolute Gasteiger partial charge is 0.336 e. The monoisotopic (exact) mass is 323 g/mol. The van der Waals surface area contributed by atoms with Crippen LogP contribution in [-0.2, 0) is 6.42 Å². The summed E-state index contributed by atoms with van der Waals surface area (Å²) < 4.78 is 13.6. The van der Waals surface area contributed by atoms with Crippen LogP contribution in [0.1, 0.15) is 34.0 Å². The number of aromatic carboxylic acids is 1. The minimum atomic E-state index is -1.07. The molecule has 0 fully saturated rings. The van der Waals surface area contributed by atoms with Gasteiger partial charge in [-0.1, -0.05) is 19.1 Å². The first kappa shape index (κ1) is 16.1. The molecule has 0 saturated heterocycles. The fourth-order valence-electron chi connectivity index (χ4n) is 3.09. The van der Waals surface area contributed by atoms with E-state index in [4.69, 9.17) is 0 Å². The SMILES string of the molecule is CCc1cc(-c2nc3ccc(F)cc3c(C(=O)O)c2C)ccc1C. The molecule has 0 bridgehead atoms. The van der Waals surface area contributed by atoms with E-state index in [-0.39, 0.29) is 5.56 Å². The third-order valence-electron chi connectivity index (χ3n) is 4.41. The number of aromatic nitrogens is 1. The Balaban J connectivity index is 2.35. The molecule has 0 unspecified atom stereocenters. The van der Waals surface area contributed by atoms with Gasteiger partial charge in [0, 0.05) is 10.9 Å². The maximum Gasteiger partial charge on any atom is 0.336 e. The number of carboxylic acid groups (broad SMARTS) is 1. The van der Waals surface area contributed by atoms with Crippen molar-refractivity contribution >= 4 is 16.9 Å². The van der Waals surface area contributed by atoms with Gasteiger partial charge >= 0.3 is 5.97 Å². The summed E-state index contributed by atoms with van der Waals surface area (Å²) in [5.74, 6) is -1.54. The highest BCUT2D eigenvalue weighted by molar-refractivity contribution is 6.05. The van der Waals surface area contributed by atoms with Crippen molar-refractivity contribution in [1.29, 1.82) is 0 Å². The van der Waals surface area contributed by atoms with Crippen LogP contribution in [0.15, 0.2) is 36.4 Å². The summed E-state index contributed by atoms with van der Waals surface area (Å²) in [4.78, 5) is 16.4. The van der Waals surface area contributed by atoms with E-state index >= 15 is 0 Å². The number of carbonyl (C=O) groups is 1. The van der Waals surface area contributed by atoms with Crippen LogP contribution in [0.5, 0.6) is 0 Å². The summed E-state index contributed by atoms with van der Waals surface area (Å²) in [5.41, 5.74) is 5.03. The van der Waals surface area contributed by atoms with Crippen molar-refractivity contribution in [1.82, 2.24) is 4.98 Å². The van der Waals surface area contributed by atoms with Gasteiger partial charge in [0.15, 0.2) is 0 Å². The molecule has 3 aromatic rings. The van der Waals surface area contributed by atoms with E-state index in [1.54, 1.807) is 6.92 Å². The summed E-state index contributed by atoms with van der Waals surface area (Å²) in [7, 11) is 0. The third kappa shape index (κ3) is 2.64. The molecule has 0 aliphatic carbocycles. The van der Waals surface area contributed by atoms with Crippen LogP contribution in [0.25, 0.3) is 22.2 Å². The van der Waals surface area contributed by atoms with E-state index < -0.39 is 11.8 Å². The lowest BCUT2D eigenvalue weighted by Gasteiger charge is -2.13. The molecule has 0 radical (unpaired) electrons. The van der Waals surface area contributed by atoms with Crippen molar-refractivity contribution in [2.75, 3.05) is 0 Å². The number of carboxylic acids is 1. The van der Waals surface area contributed by atoms with Gasteiger partial charge in [0.25, 0.3) is 0 Å².